The maximum Gasteiger partial charge on any atom is 0.426 e. The Morgan fingerprint density at radius 1 is 1.19 bits per heavy atom. The van der Waals surface area contributed by atoms with Crippen LogP contribution >= 0.6 is 11.6 Å². The second-order valence-electron chi connectivity index (χ2n) is 7.30. The Hall–Kier alpha value is -2.18. The average molecular weight is 493 g/mol. The van der Waals surface area contributed by atoms with Crippen LogP contribution in [0.5, 0.6) is 0 Å². The standard InChI is InChI=1S/C20H20ClF3N2O5S/c1-19(28,20(22,23)24)18(27)26-16-7-6-14(10-15(16)21)32(29,30)13-4-2-12(3-5-13)17-11-25-8-9-31-17/h2-7,10,17,25,28H,8-9,11H2,1H3,(H,26,27). The van der Waals surface area contributed by atoms with E-state index in [1.54, 1.807) is 12.1 Å². The second-order valence-corrected chi connectivity index (χ2v) is 9.66. The van der Waals surface area contributed by atoms with E-state index in [1.165, 1.54) is 12.1 Å². The molecule has 7 nitrogen and oxygen atoms in total. The molecule has 0 aromatic heterocycles. The predicted molar refractivity (Wildman–Crippen MR) is 110 cm³/mol. The molecule has 0 saturated carbocycles. The van der Waals surface area contributed by atoms with Crippen molar-refractivity contribution in [1.29, 1.82) is 0 Å². The van der Waals surface area contributed by atoms with E-state index >= 15 is 0 Å². The molecule has 174 valence electrons. The van der Waals surface area contributed by atoms with Gasteiger partial charge in [0.05, 0.1) is 33.2 Å². The number of anilines is 1. The highest BCUT2D eigenvalue weighted by atomic mass is 35.5. The molecule has 0 radical (unpaired) electrons. The smallest absolute Gasteiger partial charge is 0.373 e. The van der Waals surface area contributed by atoms with Crippen LogP contribution in [0, 0.1) is 0 Å². The molecule has 1 aliphatic heterocycles. The zero-order valence-electron chi connectivity index (χ0n) is 16.7. The summed E-state index contributed by atoms with van der Waals surface area (Å²) in [6, 6.07) is 9.28. The molecule has 2 atom stereocenters. The van der Waals surface area contributed by atoms with Crippen molar-refractivity contribution in [1.82, 2.24) is 5.32 Å². The molecule has 3 N–H and O–H groups in total. The van der Waals surface area contributed by atoms with Gasteiger partial charge < -0.3 is 20.5 Å². The van der Waals surface area contributed by atoms with E-state index in [4.69, 9.17) is 16.3 Å². The van der Waals surface area contributed by atoms with E-state index in [0.29, 0.717) is 20.1 Å². The minimum absolute atomic E-state index is 0.0159. The summed E-state index contributed by atoms with van der Waals surface area (Å²) in [5.41, 5.74) is -3.12. The van der Waals surface area contributed by atoms with Gasteiger partial charge >= 0.3 is 6.18 Å². The van der Waals surface area contributed by atoms with Gasteiger partial charge in [-0.1, -0.05) is 23.7 Å². The molecule has 0 aliphatic carbocycles. The van der Waals surface area contributed by atoms with Crippen molar-refractivity contribution < 1.29 is 36.2 Å². The predicted octanol–water partition coefficient (Wildman–Crippen LogP) is 3.09. The van der Waals surface area contributed by atoms with Gasteiger partial charge in [0.2, 0.25) is 15.4 Å². The third-order valence-electron chi connectivity index (χ3n) is 4.98. The number of amides is 1. The highest BCUT2D eigenvalue weighted by Gasteiger charge is 2.55. The molecule has 0 bridgehead atoms. The Kier molecular flexibility index (Phi) is 6.87. The van der Waals surface area contributed by atoms with Crippen molar-refractivity contribution >= 4 is 33.0 Å². The van der Waals surface area contributed by atoms with Gasteiger partial charge in [-0.15, -0.1) is 0 Å². The summed E-state index contributed by atoms with van der Waals surface area (Å²) >= 11 is 5.99. The maximum absolute atomic E-state index is 12.9. The molecule has 1 heterocycles. The number of sulfone groups is 1. The van der Waals surface area contributed by atoms with Gasteiger partial charge in [0.15, 0.2) is 0 Å². The number of benzene rings is 2. The molecule has 2 aromatic carbocycles. The summed E-state index contributed by atoms with van der Waals surface area (Å²) in [4.78, 5) is 11.6. The summed E-state index contributed by atoms with van der Waals surface area (Å²) < 4.78 is 69.9. The first-order valence-electron chi connectivity index (χ1n) is 9.41. The number of nitrogens with one attached hydrogen (secondary N) is 2. The minimum Gasteiger partial charge on any atom is -0.373 e. The van der Waals surface area contributed by atoms with Crippen LogP contribution in [0.4, 0.5) is 18.9 Å². The summed E-state index contributed by atoms with van der Waals surface area (Å²) in [5.74, 6) is -1.75. The third kappa shape index (κ3) is 4.91. The number of halogens is 4. The monoisotopic (exact) mass is 492 g/mol. The highest BCUT2D eigenvalue weighted by Crippen LogP contribution is 2.33. The van der Waals surface area contributed by atoms with Gasteiger partial charge in [0, 0.05) is 13.1 Å². The number of rotatable bonds is 5. The average Bonchev–Trinajstić information content (AvgIpc) is 2.75. The zero-order chi connectivity index (χ0) is 23.7. The fourth-order valence-electron chi connectivity index (χ4n) is 2.91. The lowest BCUT2D eigenvalue weighted by Gasteiger charge is -2.25. The summed E-state index contributed by atoms with van der Waals surface area (Å²) in [5, 5.41) is 14.2. The number of hydrogen-bond acceptors (Lipinski definition) is 6. The van der Waals surface area contributed by atoms with E-state index in [2.05, 4.69) is 5.32 Å². The van der Waals surface area contributed by atoms with Crippen LogP contribution in [-0.4, -0.2) is 50.9 Å². The van der Waals surface area contributed by atoms with Crippen molar-refractivity contribution in [3.63, 3.8) is 0 Å². The van der Waals surface area contributed by atoms with Crippen molar-refractivity contribution in [3.8, 4) is 0 Å². The molecule has 1 amide bonds. The van der Waals surface area contributed by atoms with E-state index in [9.17, 15) is 31.5 Å². The molecular weight excluding hydrogens is 473 g/mol. The fourth-order valence-corrected chi connectivity index (χ4v) is 4.49. The summed E-state index contributed by atoms with van der Waals surface area (Å²) in [6.45, 7) is 2.20. The SMILES string of the molecule is CC(O)(C(=O)Nc1ccc(S(=O)(=O)c2ccc(C3CNCCO3)cc2)cc1Cl)C(F)(F)F. The molecule has 0 spiro atoms. The Bertz CT molecular complexity index is 1100. The van der Waals surface area contributed by atoms with Gasteiger partial charge in [-0.3, -0.25) is 4.79 Å². The summed E-state index contributed by atoms with van der Waals surface area (Å²) in [6.07, 6.45) is -5.40. The maximum atomic E-state index is 12.9. The first-order valence-corrected chi connectivity index (χ1v) is 11.3. The lowest BCUT2D eigenvalue weighted by Crippen LogP contribution is -2.52. The van der Waals surface area contributed by atoms with Crippen molar-refractivity contribution in [3.05, 3.63) is 53.1 Å². The van der Waals surface area contributed by atoms with Crippen LogP contribution < -0.4 is 10.6 Å². The van der Waals surface area contributed by atoms with Gasteiger partial charge in [-0.25, -0.2) is 8.42 Å². The molecule has 32 heavy (non-hydrogen) atoms. The molecule has 3 rings (SSSR count). The van der Waals surface area contributed by atoms with E-state index in [1.807, 2.05) is 5.32 Å². The normalized spacial score (nSPS) is 19.2. The van der Waals surface area contributed by atoms with E-state index in [-0.39, 0.29) is 26.6 Å². The summed E-state index contributed by atoms with van der Waals surface area (Å²) in [7, 11) is -3.99. The molecule has 2 unspecified atom stereocenters. The number of aliphatic hydroxyl groups is 1. The minimum atomic E-state index is -5.21. The third-order valence-corrected chi connectivity index (χ3v) is 7.06. The number of carbonyl (C=O) groups is 1. The van der Waals surface area contributed by atoms with Crippen LogP contribution in [0.1, 0.15) is 18.6 Å². The van der Waals surface area contributed by atoms with Crippen molar-refractivity contribution in [2.45, 2.75) is 34.6 Å². The molecule has 12 heteroatoms. The fraction of sp³-hybridized carbons (Fsp3) is 0.350. The topological polar surface area (TPSA) is 105 Å². The van der Waals surface area contributed by atoms with Crippen molar-refractivity contribution in [2.24, 2.45) is 0 Å². The second kappa shape index (κ2) is 8.99. The van der Waals surface area contributed by atoms with E-state index < -0.39 is 27.5 Å². The van der Waals surface area contributed by atoms with Crippen LogP contribution in [0.15, 0.2) is 52.3 Å². The van der Waals surface area contributed by atoms with Crippen LogP contribution in [0.25, 0.3) is 0 Å². The number of morpholine rings is 1. The highest BCUT2D eigenvalue weighted by molar-refractivity contribution is 7.91. The Morgan fingerprint density at radius 2 is 1.81 bits per heavy atom. The number of carbonyl (C=O) groups excluding carboxylic acids is 1. The quantitative estimate of drug-likeness (QED) is 0.592. The molecule has 1 fully saturated rings. The molecule has 1 aliphatic rings. The van der Waals surface area contributed by atoms with Gasteiger partial charge in [0.25, 0.3) is 5.91 Å². The lowest BCUT2D eigenvalue weighted by molar-refractivity contribution is -0.242. The van der Waals surface area contributed by atoms with Gasteiger partial charge in [-0.05, 0) is 42.8 Å². The Balaban J connectivity index is 1.81. The lowest BCUT2D eigenvalue weighted by atomic mass is 10.1. The molecule has 1 saturated heterocycles. The van der Waals surface area contributed by atoms with Crippen LogP contribution in [-0.2, 0) is 19.4 Å². The zero-order valence-corrected chi connectivity index (χ0v) is 18.3. The van der Waals surface area contributed by atoms with Gasteiger partial charge in [0.1, 0.15) is 0 Å². The number of hydrogen-bond donors (Lipinski definition) is 3. The molecule has 2 aromatic rings. The first kappa shape index (κ1) is 24.5. The van der Waals surface area contributed by atoms with Crippen LogP contribution in [0.2, 0.25) is 5.02 Å². The molecular formula is C20H20ClF3N2O5S. The van der Waals surface area contributed by atoms with Crippen molar-refractivity contribution in [2.75, 3.05) is 25.0 Å². The Labute approximate surface area is 187 Å². The largest absolute Gasteiger partial charge is 0.426 e. The van der Waals surface area contributed by atoms with Crippen LogP contribution in [0.3, 0.4) is 0 Å². The number of ether oxygens (including phenoxy) is 1. The number of alkyl halides is 3. The van der Waals surface area contributed by atoms with E-state index in [0.717, 1.165) is 30.3 Å². The Morgan fingerprint density at radius 3 is 2.34 bits per heavy atom. The first-order chi connectivity index (χ1) is 14.8. The van der Waals surface area contributed by atoms with Gasteiger partial charge in [-0.2, -0.15) is 13.2 Å².